The topological polar surface area (TPSA) is 102 Å². The quantitative estimate of drug-likeness (QED) is 0.582. The van der Waals surface area contributed by atoms with E-state index in [1.165, 1.54) is 4.80 Å². The normalized spacial score (nSPS) is 11.0. The highest BCUT2D eigenvalue weighted by Crippen LogP contribution is 2.24. The number of fused-ring (bicyclic) bond motifs is 1. The molecule has 1 aromatic carbocycles. The van der Waals surface area contributed by atoms with Gasteiger partial charge in [-0.2, -0.15) is 4.80 Å². The van der Waals surface area contributed by atoms with Crippen molar-refractivity contribution in [3.63, 3.8) is 0 Å². The van der Waals surface area contributed by atoms with E-state index in [1.807, 2.05) is 30.5 Å². The highest BCUT2D eigenvalue weighted by atomic mass is 16.3. The van der Waals surface area contributed by atoms with Crippen LogP contribution in [0.25, 0.3) is 22.3 Å². The molecule has 3 heterocycles. The maximum atomic E-state index is 11.9. The van der Waals surface area contributed by atoms with Crippen LogP contribution in [0.15, 0.2) is 53.3 Å². The van der Waals surface area contributed by atoms with Crippen LogP contribution in [0.5, 0.6) is 0 Å². The molecule has 0 aliphatic carbocycles. The smallest absolute Gasteiger partial charge is 0.244 e. The summed E-state index contributed by atoms with van der Waals surface area (Å²) in [5, 5.41) is 16.0. The van der Waals surface area contributed by atoms with Crippen LogP contribution in [0.3, 0.4) is 0 Å². The lowest BCUT2D eigenvalue weighted by Crippen LogP contribution is -2.27. The zero-order chi connectivity index (χ0) is 16.4. The molecule has 8 heteroatoms. The SMILES string of the molecule is O=C(Cn1nnc(-c2c[nH]c3ccccc23)n1)NCc1ccco1. The third-order valence-electron chi connectivity index (χ3n) is 3.61. The Morgan fingerprint density at radius 2 is 2.17 bits per heavy atom. The third kappa shape index (κ3) is 2.76. The van der Waals surface area contributed by atoms with Crippen LogP contribution in [-0.4, -0.2) is 31.1 Å². The number of H-pyrrole nitrogens is 1. The van der Waals surface area contributed by atoms with E-state index < -0.39 is 0 Å². The summed E-state index contributed by atoms with van der Waals surface area (Å²) in [5.41, 5.74) is 1.85. The van der Waals surface area contributed by atoms with Gasteiger partial charge in [0.15, 0.2) is 0 Å². The van der Waals surface area contributed by atoms with Gasteiger partial charge < -0.3 is 14.7 Å². The minimum atomic E-state index is -0.214. The minimum absolute atomic E-state index is 0.00390. The van der Waals surface area contributed by atoms with Crippen LogP contribution in [-0.2, 0) is 17.9 Å². The fourth-order valence-corrected chi connectivity index (χ4v) is 2.46. The molecule has 2 N–H and O–H groups in total. The van der Waals surface area contributed by atoms with Crippen LogP contribution < -0.4 is 5.32 Å². The van der Waals surface area contributed by atoms with Gasteiger partial charge in [-0.25, -0.2) is 0 Å². The number of aromatic amines is 1. The number of hydrogen-bond acceptors (Lipinski definition) is 5. The van der Waals surface area contributed by atoms with Gasteiger partial charge in [-0.3, -0.25) is 4.79 Å². The van der Waals surface area contributed by atoms with Crippen molar-refractivity contribution in [2.24, 2.45) is 0 Å². The Morgan fingerprint density at radius 3 is 3.04 bits per heavy atom. The summed E-state index contributed by atoms with van der Waals surface area (Å²) in [7, 11) is 0. The Balaban J connectivity index is 1.45. The lowest BCUT2D eigenvalue weighted by atomic mass is 10.2. The predicted molar refractivity (Wildman–Crippen MR) is 85.7 cm³/mol. The number of tetrazole rings is 1. The number of furan rings is 1. The second kappa shape index (κ2) is 5.99. The fourth-order valence-electron chi connectivity index (χ4n) is 2.46. The molecule has 0 atom stereocenters. The molecule has 0 saturated heterocycles. The van der Waals surface area contributed by atoms with E-state index >= 15 is 0 Å². The molecule has 1 amide bonds. The number of carbonyl (C=O) groups is 1. The highest BCUT2D eigenvalue weighted by molar-refractivity contribution is 5.93. The van der Waals surface area contributed by atoms with Gasteiger partial charge in [0.05, 0.1) is 12.8 Å². The zero-order valence-electron chi connectivity index (χ0n) is 12.6. The van der Waals surface area contributed by atoms with Crippen molar-refractivity contribution < 1.29 is 9.21 Å². The van der Waals surface area contributed by atoms with Gasteiger partial charge in [-0.1, -0.05) is 18.2 Å². The largest absolute Gasteiger partial charge is 0.467 e. The standard InChI is InChI=1S/C16H14N6O2/c23-15(18-8-11-4-3-7-24-11)10-22-20-16(19-21-22)13-9-17-14-6-2-1-5-12(13)14/h1-7,9,17H,8,10H2,(H,18,23). The summed E-state index contributed by atoms with van der Waals surface area (Å²) in [6.07, 6.45) is 3.40. The van der Waals surface area contributed by atoms with Gasteiger partial charge in [0, 0.05) is 22.7 Å². The molecular formula is C16H14N6O2. The van der Waals surface area contributed by atoms with Crippen LogP contribution in [0.4, 0.5) is 0 Å². The Morgan fingerprint density at radius 1 is 1.25 bits per heavy atom. The maximum Gasteiger partial charge on any atom is 0.244 e. The number of hydrogen-bond donors (Lipinski definition) is 2. The van der Waals surface area contributed by atoms with Crippen molar-refractivity contribution in [3.05, 3.63) is 54.6 Å². The summed E-state index contributed by atoms with van der Waals surface area (Å²) in [6, 6.07) is 11.4. The summed E-state index contributed by atoms with van der Waals surface area (Å²) >= 11 is 0. The first-order valence-corrected chi connectivity index (χ1v) is 7.43. The number of benzene rings is 1. The van der Waals surface area contributed by atoms with Gasteiger partial charge in [0.1, 0.15) is 12.3 Å². The lowest BCUT2D eigenvalue weighted by molar-refractivity contribution is -0.122. The van der Waals surface area contributed by atoms with Gasteiger partial charge in [0.2, 0.25) is 11.7 Å². The number of para-hydroxylation sites is 1. The summed E-state index contributed by atoms with van der Waals surface area (Å²) in [6.45, 7) is 0.325. The molecule has 24 heavy (non-hydrogen) atoms. The molecule has 0 saturated carbocycles. The molecule has 0 fully saturated rings. The first-order chi connectivity index (χ1) is 11.8. The first-order valence-electron chi connectivity index (χ1n) is 7.43. The van der Waals surface area contributed by atoms with Crippen molar-refractivity contribution in [3.8, 4) is 11.4 Å². The monoisotopic (exact) mass is 322 g/mol. The van der Waals surface area contributed by atoms with Crippen LogP contribution in [0.1, 0.15) is 5.76 Å². The number of nitrogens with one attached hydrogen (secondary N) is 2. The second-order valence-electron chi connectivity index (χ2n) is 5.25. The summed E-state index contributed by atoms with van der Waals surface area (Å²) in [4.78, 5) is 16.4. The van der Waals surface area contributed by atoms with Gasteiger partial charge >= 0.3 is 0 Å². The molecule has 0 aliphatic heterocycles. The Kier molecular flexibility index (Phi) is 3.54. The average molecular weight is 322 g/mol. The van der Waals surface area contributed by atoms with Crippen LogP contribution in [0, 0.1) is 0 Å². The van der Waals surface area contributed by atoms with E-state index in [4.69, 9.17) is 4.42 Å². The molecule has 0 spiro atoms. The van der Waals surface area contributed by atoms with Gasteiger partial charge in [-0.05, 0) is 23.4 Å². The number of aromatic nitrogens is 5. The predicted octanol–water partition coefficient (Wildman–Crippen LogP) is 1.73. The minimum Gasteiger partial charge on any atom is -0.467 e. The van der Waals surface area contributed by atoms with Gasteiger partial charge in [0.25, 0.3) is 0 Å². The number of nitrogens with zero attached hydrogens (tertiary/aromatic N) is 4. The molecule has 4 aromatic rings. The van der Waals surface area contributed by atoms with E-state index in [-0.39, 0.29) is 12.5 Å². The first kappa shape index (κ1) is 14.2. The van der Waals surface area contributed by atoms with Crippen molar-refractivity contribution >= 4 is 16.8 Å². The van der Waals surface area contributed by atoms with E-state index in [2.05, 4.69) is 25.7 Å². The molecule has 8 nitrogen and oxygen atoms in total. The van der Waals surface area contributed by atoms with Crippen molar-refractivity contribution in [2.75, 3.05) is 0 Å². The molecule has 3 aromatic heterocycles. The molecular weight excluding hydrogens is 308 g/mol. The highest BCUT2D eigenvalue weighted by Gasteiger charge is 2.13. The van der Waals surface area contributed by atoms with E-state index in [0.29, 0.717) is 18.1 Å². The average Bonchev–Trinajstić information content (AvgIpc) is 3.33. The van der Waals surface area contributed by atoms with E-state index in [9.17, 15) is 4.79 Å². The van der Waals surface area contributed by atoms with Crippen LogP contribution in [0.2, 0.25) is 0 Å². The van der Waals surface area contributed by atoms with Crippen molar-refractivity contribution in [1.29, 1.82) is 0 Å². The Hall–Kier alpha value is -3.42. The molecule has 0 aliphatic rings. The lowest BCUT2D eigenvalue weighted by Gasteiger charge is -2.01. The van der Waals surface area contributed by atoms with E-state index in [0.717, 1.165) is 16.5 Å². The molecule has 0 radical (unpaired) electrons. The molecule has 0 unspecified atom stereocenters. The number of rotatable bonds is 5. The fraction of sp³-hybridized carbons (Fsp3) is 0.125. The second-order valence-corrected chi connectivity index (χ2v) is 5.25. The Bertz CT molecular complexity index is 969. The van der Waals surface area contributed by atoms with Crippen molar-refractivity contribution in [1.82, 2.24) is 30.5 Å². The van der Waals surface area contributed by atoms with Crippen LogP contribution >= 0.6 is 0 Å². The number of carbonyl (C=O) groups excluding carboxylic acids is 1. The zero-order valence-corrected chi connectivity index (χ0v) is 12.6. The Labute approximate surface area is 136 Å². The summed E-state index contributed by atoms with van der Waals surface area (Å²) in [5.74, 6) is 0.954. The molecule has 120 valence electrons. The molecule has 4 rings (SSSR count). The third-order valence-corrected chi connectivity index (χ3v) is 3.61. The number of amides is 1. The summed E-state index contributed by atoms with van der Waals surface area (Å²) < 4.78 is 5.16. The molecule has 0 bridgehead atoms. The maximum absolute atomic E-state index is 11.9. The van der Waals surface area contributed by atoms with E-state index in [1.54, 1.807) is 18.4 Å². The van der Waals surface area contributed by atoms with Crippen molar-refractivity contribution in [2.45, 2.75) is 13.1 Å². The van der Waals surface area contributed by atoms with Gasteiger partial charge in [-0.15, -0.1) is 10.2 Å².